The summed E-state index contributed by atoms with van der Waals surface area (Å²) in [7, 11) is 0. The predicted octanol–water partition coefficient (Wildman–Crippen LogP) is 2.64. The molecule has 1 unspecified atom stereocenters. The highest BCUT2D eigenvalue weighted by molar-refractivity contribution is 7.11. The van der Waals surface area contributed by atoms with Gasteiger partial charge in [-0.15, -0.1) is 22.9 Å². The van der Waals surface area contributed by atoms with Crippen molar-refractivity contribution >= 4 is 28.8 Å². The average molecular weight is 244 g/mol. The Kier molecular flexibility index (Phi) is 3.32. The normalized spacial score (nSPS) is 21.3. The lowest BCUT2D eigenvalue weighted by Gasteiger charge is -2.14. The van der Waals surface area contributed by atoms with Crippen LogP contribution >= 0.6 is 22.9 Å². The van der Waals surface area contributed by atoms with Gasteiger partial charge >= 0.3 is 0 Å². The van der Waals surface area contributed by atoms with Crippen molar-refractivity contribution in [3.63, 3.8) is 0 Å². The fraction of sp³-hybridized carbons (Fsp3) is 0.545. The van der Waals surface area contributed by atoms with Crippen molar-refractivity contribution in [1.82, 2.24) is 4.90 Å². The molecule has 1 amide bonds. The third-order valence-corrected chi connectivity index (χ3v) is 4.08. The molecule has 2 heterocycles. The van der Waals surface area contributed by atoms with Crippen molar-refractivity contribution < 1.29 is 4.79 Å². The molecule has 1 aliphatic heterocycles. The maximum Gasteiger partial charge on any atom is 0.223 e. The number of carbonyl (C=O) groups is 1. The van der Waals surface area contributed by atoms with Crippen LogP contribution in [0.25, 0.3) is 0 Å². The van der Waals surface area contributed by atoms with E-state index in [4.69, 9.17) is 11.6 Å². The van der Waals surface area contributed by atoms with Crippen molar-refractivity contribution in [2.24, 2.45) is 5.92 Å². The fourth-order valence-corrected chi connectivity index (χ4v) is 2.98. The molecule has 1 aromatic rings. The van der Waals surface area contributed by atoms with Crippen LogP contribution in [0.4, 0.5) is 0 Å². The maximum atomic E-state index is 11.6. The van der Waals surface area contributed by atoms with E-state index in [2.05, 4.69) is 19.1 Å². The van der Waals surface area contributed by atoms with E-state index in [1.165, 1.54) is 9.75 Å². The van der Waals surface area contributed by atoms with Crippen LogP contribution in [-0.4, -0.2) is 23.2 Å². The summed E-state index contributed by atoms with van der Waals surface area (Å²) in [5, 5.41) is 0. The first-order valence-corrected chi connectivity index (χ1v) is 6.43. The van der Waals surface area contributed by atoms with Crippen LogP contribution in [0, 0.1) is 12.8 Å². The molecule has 1 aliphatic rings. The van der Waals surface area contributed by atoms with Crippen molar-refractivity contribution in [3.8, 4) is 0 Å². The highest BCUT2D eigenvalue weighted by Crippen LogP contribution is 2.23. The zero-order valence-corrected chi connectivity index (χ0v) is 10.3. The Labute approximate surface area is 98.8 Å². The number of amides is 1. The Morgan fingerprint density at radius 2 is 2.40 bits per heavy atom. The number of carbonyl (C=O) groups excluding carboxylic acids is 1. The van der Waals surface area contributed by atoms with Crippen LogP contribution in [0.15, 0.2) is 12.1 Å². The van der Waals surface area contributed by atoms with Gasteiger partial charge in [0.1, 0.15) is 0 Å². The second-order valence-electron chi connectivity index (χ2n) is 4.01. The van der Waals surface area contributed by atoms with Gasteiger partial charge in [0.15, 0.2) is 0 Å². The first-order chi connectivity index (χ1) is 7.19. The van der Waals surface area contributed by atoms with Crippen LogP contribution in [0.3, 0.4) is 0 Å². The van der Waals surface area contributed by atoms with E-state index in [0.29, 0.717) is 18.2 Å². The van der Waals surface area contributed by atoms with Gasteiger partial charge in [-0.05, 0) is 25.0 Å². The summed E-state index contributed by atoms with van der Waals surface area (Å²) in [5.74, 6) is 1.18. The summed E-state index contributed by atoms with van der Waals surface area (Å²) < 4.78 is 0. The largest absolute Gasteiger partial charge is 0.337 e. The van der Waals surface area contributed by atoms with E-state index < -0.39 is 0 Å². The predicted molar refractivity (Wildman–Crippen MR) is 63.3 cm³/mol. The van der Waals surface area contributed by atoms with E-state index in [1.54, 1.807) is 11.3 Å². The molecule has 0 saturated carbocycles. The highest BCUT2D eigenvalue weighted by Gasteiger charge is 2.28. The average Bonchev–Trinajstić information content (AvgIpc) is 2.75. The molecule has 1 fully saturated rings. The number of hydrogen-bond donors (Lipinski definition) is 0. The number of alkyl halides is 1. The lowest BCUT2D eigenvalue weighted by Crippen LogP contribution is -2.24. The number of nitrogens with zero attached hydrogens (tertiary/aromatic N) is 1. The molecule has 2 rings (SSSR count). The number of halogens is 1. The van der Waals surface area contributed by atoms with Gasteiger partial charge in [-0.25, -0.2) is 0 Å². The Balaban J connectivity index is 1.98. The highest BCUT2D eigenvalue weighted by atomic mass is 35.5. The Hall–Kier alpha value is -0.540. The second kappa shape index (κ2) is 4.54. The van der Waals surface area contributed by atoms with Gasteiger partial charge in [0.05, 0.1) is 6.54 Å². The van der Waals surface area contributed by atoms with Gasteiger partial charge in [0.25, 0.3) is 0 Å². The summed E-state index contributed by atoms with van der Waals surface area (Å²) in [6.45, 7) is 3.66. The summed E-state index contributed by atoms with van der Waals surface area (Å²) in [4.78, 5) is 16.1. The van der Waals surface area contributed by atoms with Crippen LogP contribution in [-0.2, 0) is 11.3 Å². The van der Waals surface area contributed by atoms with E-state index >= 15 is 0 Å². The van der Waals surface area contributed by atoms with Crippen LogP contribution < -0.4 is 0 Å². The molecule has 1 aromatic heterocycles. The number of hydrogen-bond acceptors (Lipinski definition) is 2. The third-order valence-electron chi connectivity index (χ3n) is 2.66. The van der Waals surface area contributed by atoms with Gasteiger partial charge in [-0.1, -0.05) is 0 Å². The number of aryl methyl sites for hydroxylation is 1. The van der Waals surface area contributed by atoms with Crippen LogP contribution in [0.2, 0.25) is 0 Å². The lowest BCUT2D eigenvalue weighted by atomic mass is 10.1. The van der Waals surface area contributed by atoms with Gasteiger partial charge in [-0.2, -0.15) is 0 Å². The first kappa shape index (κ1) is 11.0. The van der Waals surface area contributed by atoms with Gasteiger partial charge in [0, 0.05) is 28.6 Å². The summed E-state index contributed by atoms with van der Waals surface area (Å²) in [6, 6.07) is 4.20. The van der Waals surface area contributed by atoms with Crippen molar-refractivity contribution in [2.45, 2.75) is 19.9 Å². The molecule has 0 spiro atoms. The molecule has 2 nitrogen and oxygen atoms in total. The quantitative estimate of drug-likeness (QED) is 0.748. The van der Waals surface area contributed by atoms with Gasteiger partial charge in [-0.3, -0.25) is 4.79 Å². The van der Waals surface area contributed by atoms with Crippen molar-refractivity contribution in [2.75, 3.05) is 12.4 Å². The Bertz CT molecular complexity index is 363. The third kappa shape index (κ3) is 2.52. The summed E-state index contributed by atoms with van der Waals surface area (Å²) >= 11 is 7.53. The summed E-state index contributed by atoms with van der Waals surface area (Å²) in [5.41, 5.74) is 0. The number of rotatable bonds is 3. The minimum Gasteiger partial charge on any atom is -0.337 e. The van der Waals surface area contributed by atoms with E-state index in [9.17, 15) is 4.79 Å². The fourth-order valence-electron chi connectivity index (χ4n) is 1.87. The molecule has 1 saturated heterocycles. The molecule has 0 radical (unpaired) electrons. The molecular formula is C11H14ClNOS. The lowest BCUT2D eigenvalue weighted by molar-refractivity contribution is -0.128. The molecule has 82 valence electrons. The standard InChI is InChI=1S/C11H14ClNOS/c1-8-2-3-10(15-8)7-13-6-9(5-12)4-11(13)14/h2-3,9H,4-7H2,1H3. The molecule has 15 heavy (non-hydrogen) atoms. The van der Waals surface area contributed by atoms with Crippen molar-refractivity contribution in [3.05, 3.63) is 21.9 Å². The molecular weight excluding hydrogens is 230 g/mol. The maximum absolute atomic E-state index is 11.6. The molecule has 0 bridgehead atoms. The van der Waals surface area contributed by atoms with E-state index in [-0.39, 0.29) is 5.91 Å². The minimum atomic E-state index is 0.242. The zero-order valence-electron chi connectivity index (χ0n) is 8.70. The Morgan fingerprint density at radius 3 is 2.93 bits per heavy atom. The number of thiophene rings is 1. The molecule has 0 aromatic carbocycles. The summed E-state index contributed by atoms with van der Waals surface area (Å²) in [6.07, 6.45) is 0.619. The number of likely N-dealkylation sites (tertiary alicyclic amines) is 1. The van der Waals surface area contributed by atoms with Gasteiger partial charge < -0.3 is 4.90 Å². The minimum absolute atomic E-state index is 0.242. The van der Waals surface area contributed by atoms with Gasteiger partial charge in [0.2, 0.25) is 5.91 Å². The van der Waals surface area contributed by atoms with E-state index in [1.807, 2.05) is 4.90 Å². The monoisotopic (exact) mass is 243 g/mol. The first-order valence-electron chi connectivity index (χ1n) is 5.08. The zero-order chi connectivity index (χ0) is 10.8. The Morgan fingerprint density at radius 1 is 1.60 bits per heavy atom. The second-order valence-corrected chi connectivity index (χ2v) is 5.69. The smallest absolute Gasteiger partial charge is 0.223 e. The molecule has 1 atom stereocenters. The molecule has 0 aliphatic carbocycles. The SMILES string of the molecule is Cc1ccc(CN2CC(CCl)CC2=O)s1. The van der Waals surface area contributed by atoms with Crippen LogP contribution in [0.5, 0.6) is 0 Å². The van der Waals surface area contributed by atoms with Crippen LogP contribution in [0.1, 0.15) is 16.2 Å². The molecule has 4 heteroatoms. The van der Waals surface area contributed by atoms with Crippen molar-refractivity contribution in [1.29, 1.82) is 0 Å². The van der Waals surface area contributed by atoms with E-state index in [0.717, 1.165) is 13.1 Å². The molecule has 0 N–H and O–H groups in total. The topological polar surface area (TPSA) is 20.3 Å².